The number of hydrogen-bond donors (Lipinski definition) is 2. The predicted molar refractivity (Wildman–Crippen MR) is 81.4 cm³/mol. The Morgan fingerprint density at radius 3 is 2.90 bits per heavy atom. The zero-order chi connectivity index (χ0) is 14.7. The van der Waals surface area contributed by atoms with Crippen LogP contribution in [0.15, 0.2) is 11.1 Å². The number of amidine groups is 1. The number of aryl methyl sites for hydroxylation is 1. The second kappa shape index (κ2) is 6.37. The lowest BCUT2D eigenvalue weighted by molar-refractivity contribution is 0.0742. The van der Waals surface area contributed by atoms with Gasteiger partial charge in [-0.25, -0.2) is 4.98 Å². The van der Waals surface area contributed by atoms with Crippen LogP contribution in [0.2, 0.25) is 0 Å². The summed E-state index contributed by atoms with van der Waals surface area (Å²) in [5, 5.41) is 20.9. The molecule has 6 heteroatoms. The number of aliphatic hydroxyl groups excluding tert-OH is 1. The Labute approximate surface area is 123 Å². The highest BCUT2D eigenvalue weighted by Gasteiger charge is 2.29. The monoisotopic (exact) mass is 295 g/mol. The van der Waals surface area contributed by atoms with E-state index < -0.39 is 0 Å². The molecule has 0 saturated carbocycles. The highest BCUT2D eigenvalue weighted by atomic mass is 32.1. The largest absolute Gasteiger partial charge is 0.510 e. The molecular weight excluding hydrogens is 274 g/mol. The number of nitrogens with one attached hydrogen (secondary N) is 1. The maximum atomic E-state index is 10.1. The van der Waals surface area contributed by atoms with E-state index in [1.54, 1.807) is 0 Å². The molecular formula is C14H21N3O2S. The summed E-state index contributed by atoms with van der Waals surface area (Å²) in [6.45, 7) is 7.71. The number of ether oxygens (including phenoxy) is 1. The Hall–Kier alpha value is -1.40. The van der Waals surface area contributed by atoms with Gasteiger partial charge in [0.1, 0.15) is 16.6 Å². The topological polar surface area (TPSA) is 69.4 Å². The zero-order valence-electron chi connectivity index (χ0n) is 12.1. The molecule has 5 nitrogen and oxygen atoms in total. The summed E-state index contributed by atoms with van der Waals surface area (Å²) in [5.74, 6) is 0.607. The molecule has 1 aliphatic rings. The third-order valence-corrected chi connectivity index (χ3v) is 4.02. The van der Waals surface area contributed by atoms with Gasteiger partial charge < -0.3 is 14.7 Å². The number of hydrogen-bond acceptors (Lipinski definition) is 5. The van der Waals surface area contributed by atoms with Gasteiger partial charge in [0, 0.05) is 24.2 Å². The molecule has 0 atom stereocenters. The Kier molecular flexibility index (Phi) is 4.77. The van der Waals surface area contributed by atoms with Gasteiger partial charge in [0.05, 0.1) is 18.2 Å². The lowest BCUT2D eigenvalue weighted by Crippen LogP contribution is -2.28. The summed E-state index contributed by atoms with van der Waals surface area (Å²) in [4.78, 5) is 6.22. The van der Waals surface area contributed by atoms with Gasteiger partial charge in [-0.15, -0.1) is 11.3 Å². The molecule has 1 aromatic rings. The predicted octanol–water partition coefficient (Wildman–Crippen LogP) is 2.83. The molecule has 0 aliphatic carbocycles. The van der Waals surface area contributed by atoms with E-state index in [0.29, 0.717) is 31.1 Å². The lowest BCUT2D eigenvalue weighted by Gasteiger charge is -2.18. The zero-order valence-corrected chi connectivity index (χ0v) is 13.0. The molecule has 110 valence electrons. The number of thiazole rings is 1. The summed E-state index contributed by atoms with van der Waals surface area (Å²) in [5.41, 5.74) is 1.50. The van der Waals surface area contributed by atoms with Gasteiger partial charge >= 0.3 is 0 Å². The molecule has 0 aromatic carbocycles. The van der Waals surface area contributed by atoms with Gasteiger partial charge in [0.2, 0.25) is 0 Å². The normalized spacial score (nSPS) is 15.8. The Balaban J connectivity index is 1.93. The quantitative estimate of drug-likeness (QED) is 0.792. The van der Waals surface area contributed by atoms with Crippen LogP contribution in [-0.4, -0.2) is 46.6 Å². The highest BCUT2D eigenvalue weighted by molar-refractivity contribution is 7.11. The average Bonchev–Trinajstić information content (AvgIpc) is 2.89. The molecule has 0 fully saturated rings. The fourth-order valence-electron chi connectivity index (χ4n) is 2.09. The number of nitrogens with zero attached hydrogens (tertiary/aromatic N) is 2. The number of rotatable bonds is 6. The minimum atomic E-state index is 0.230. The van der Waals surface area contributed by atoms with E-state index in [-0.39, 0.29) is 11.9 Å². The average molecular weight is 295 g/mol. The van der Waals surface area contributed by atoms with Gasteiger partial charge in [0.15, 0.2) is 0 Å². The SMILES string of the molecule is Cc1csc(C2=C(O)CN(CCCOC(C)C)C2=N)n1. The minimum Gasteiger partial charge on any atom is -0.510 e. The highest BCUT2D eigenvalue weighted by Crippen LogP contribution is 2.29. The van der Waals surface area contributed by atoms with Crippen molar-refractivity contribution < 1.29 is 9.84 Å². The molecule has 1 aliphatic heterocycles. The van der Waals surface area contributed by atoms with E-state index >= 15 is 0 Å². The molecule has 2 N–H and O–H groups in total. The molecule has 0 bridgehead atoms. The maximum Gasteiger partial charge on any atom is 0.135 e. The van der Waals surface area contributed by atoms with Crippen molar-refractivity contribution >= 4 is 22.7 Å². The van der Waals surface area contributed by atoms with Crippen molar-refractivity contribution in [2.24, 2.45) is 0 Å². The molecule has 0 spiro atoms. The first-order valence-electron chi connectivity index (χ1n) is 6.79. The van der Waals surface area contributed by atoms with Gasteiger partial charge in [-0.2, -0.15) is 0 Å². The van der Waals surface area contributed by atoms with E-state index in [1.165, 1.54) is 11.3 Å². The van der Waals surface area contributed by atoms with E-state index in [0.717, 1.165) is 17.1 Å². The van der Waals surface area contributed by atoms with Crippen LogP contribution in [0.25, 0.3) is 5.57 Å². The van der Waals surface area contributed by atoms with Crippen LogP contribution in [0, 0.1) is 12.3 Å². The van der Waals surface area contributed by atoms with Gasteiger partial charge in [-0.1, -0.05) is 0 Å². The van der Waals surface area contributed by atoms with E-state index in [9.17, 15) is 5.11 Å². The molecule has 2 heterocycles. The second-order valence-corrected chi connectivity index (χ2v) is 6.02. The molecule has 20 heavy (non-hydrogen) atoms. The van der Waals surface area contributed by atoms with E-state index in [4.69, 9.17) is 10.1 Å². The molecule has 2 rings (SSSR count). The third-order valence-electron chi connectivity index (χ3n) is 3.04. The summed E-state index contributed by atoms with van der Waals surface area (Å²) < 4.78 is 5.49. The van der Waals surface area contributed by atoms with Crippen LogP contribution >= 0.6 is 11.3 Å². The summed E-state index contributed by atoms with van der Waals surface area (Å²) in [6, 6.07) is 0. The Morgan fingerprint density at radius 1 is 1.55 bits per heavy atom. The van der Waals surface area contributed by atoms with Crippen molar-refractivity contribution in [2.45, 2.75) is 33.3 Å². The van der Waals surface area contributed by atoms with Crippen LogP contribution in [0.4, 0.5) is 0 Å². The first kappa shape index (κ1) is 15.0. The molecule has 0 radical (unpaired) electrons. The fraction of sp³-hybridized carbons (Fsp3) is 0.571. The van der Waals surface area contributed by atoms with Crippen molar-refractivity contribution in [2.75, 3.05) is 19.7 Å². The number of aliphatic hydroxyl groups is 1. The smallest absolute Gasteiger partial charge is 0.135 e. The molecule has 1 aromatic heterocycles. The standard InChI is InChI=1S/C14H21N3O2S/c1-9(2)19-6-4-5-17-7-11(18)12(13(17)15)14-16-10(3)8-20-14/h8-9,15,18H,4-7H2,1-3H3. The maximum absolute atomic E-state index is 10.1. The van der Waals surface area contributed by atoms with Crippen LogP contribution in [-0.2, 0) is 4.74 Å². The molecule has 0 unspecified atom stereocenters. The number of aromatic nitrogens is 1. The van der Waals surface area contributed by atoms with Crippen LogP contribution in [0.3, 0.4) is 0 Å². The minimum absolute atomic E-state index is 0.230. The first-order valence-corrected chi connectivity index (χ1v) is 7.67. The molecule has 0 amide bonds. The first-order chi connectivity index (χ1) is 9.49. The van der Waals surface area contributed by atoms with Gasteiger partial charge in [-0.3, -0.25) is 5.41 Å². The van der Waals surface area contributed by atoms with Crippen molar-refractivity contribution in [3.05, 3.63) is 21.8 Å². The second-order valence-electron chi connectivity index (χ2n) is 5.16. The van der Waals surface area contributed by atoms with Crippen LogP contribution < -0.4 is 0 Å². The fourth-order valence-corrected chi connectivity index (χ4v) is 2.96. The summed E-state index contributed by atoms with van der Waals surface area (Å²) in [6.07, 6.45) is 1.08. The van der Waals surface area contributed by atoms with Gasteiger partial charge in [-0.05, 0) is 27.2 Å². The van der Waals surface area contributed by atoms with E-state index in [1.807, 2.05) is 31.1 Å². The lowest BCUT2D eigenvalue weighted by atomic mass is 10.2. The van der Waals surface area contributed by atoms with Crippen LogP contribution in [0.1, 0.15) is 31.0 Å². The van der Waals surface area contributed by atoms with Crippen LogP contribution in [0.5, 0.6) is 0 Å². The summed E-state index contributed by atoms with van der Waals surface area (Å²) >= 11 is 1.47. The molecule has 0 saturated heterocycles. The third kappa shape index (κ3) is 3.37. The summed E-state index contributed by atoms with van der Waals surface area (Å²) in [7, 11) is 0. The Morgan fingerprint density at radius 2 is 2.30 bits per heavy atom. The van der Waals surface area contributed by atoms with Crippen molar-refractivity contribution in [1.82, 2.24) is 9.88 Å². The Bertz CT molecular complexity index is 522. The van der Waals surface area contributed by atoms with Crippen molar-refractivity contribution in [1.29, 1.82) is 5.41 Å². The van der Waals surface area contributed by atoms with E-state index in [2.05, 4.69) is 4.98 Å². The van der Waals surface area contributed by atoms with Crippen molar-refractivity contribution in [3.63, 3.8) is 0 Å². The van der Waals surface area contributed by atoms with Crippen molar-refractivity contribution in [3.8, 4) is 0 Å². The van der Waals surface area contributed by atoms with Gasteiger partial charge in [0.25, 0.3) is 0 Å².